The van der Waals surface area contributed by atoms with Crippen LogP contribution in [-0.4, -0.2) is 22.9 Å². The van der Waals surface area contributed by atoms with Gasteiger partial charge in [0, 0.05) is 27.5 Å². The van der Waals surface area contributed by atoms with Crippen molar-refractivity contribution in [2.45, 2.75) is 45.2 Å². The predicted octanol–water partition coefficient (Wildman–Crippen LogP) is 8.69. The Bertz CT molecular complexity index is 1410. The fraction of sp³-hybridized carbons (Fsp3) is 0.250. The molecule has 39 heavy (non-hydrogen) atoms. The van der Waals surface area contributed by atoms with Gasteiger partial charge in [-0.2, -0.15) is 0 Å². The number of carbonyl (C=O) groups excluding carboxylic acids is 1. The van der Waals surface area contributed by atoms with Crippen molar-refractivity contribution in [3.8, 4) is 0 Å². The zero-order valence-corrected chi connectivity index (χ0v) is 24.4. The lowest BCUT2D eigenvalue weighted by molar-refractivity contribution is -0.116. The molecule has 1 aliphatic heterocycles. The maximum Gasteiger partial charge on any atom is 0.237 e. The molecule has 7 heteroatoms. The Balaban J connectivity index is 1.44. The Labute approximate surface area is 244 Å². The number of benzene rings is 3. The molecule has 0 saturated carbocycles. The van der Waals surface area contributed by atoms with E-state index in [1.54, 1.807) is 0 Å². The van der Waals surface area contributed by atoms with Gasteiger partial charge in [0.15, 0.2) is 5.17 Å². The number of carbonyl (C=O) groups is 1. The highest BCUT2D eigenvalue weighted by Crippen LogP contribution is 2.42. The first-order valence-electron chi connectivity index (χ1n) is 13.2. The number of nitrogens with zero attached hydrogens (tertiary/aromatic N) is 2. The highest BCUT2D eigenvalue weighted by Gasteiger charge is 2.30. The van der Waals surface area contributed by atoms with Crippen LogP contribution in [0.1, 0.15) is 50.3 Å². The van der Waals surface area contributed by atoms with E-state index in [4.69, 9.17) is 28.2 Å². The molecule has 0 aromatic heterocycles. The quantitative estimate of drug-likeness (QED) is 0.319. The van der Waals surface area contributed by atoms with Gasteiger partial charge >= 0.3 is 0 Å². The van der Waals surface area contributed by atoms with E-state index in [1.807, 2.05) is 97.6 Å². The van der Waals surface area contributed by atoms with Crippen molar-refractivity contribution in [2.75, 3.05) is 10.7 Å². The number of aliphatic imine (C=N–C) groups is 1. The highest BCUT2D eigenvalue weighted by atomic mass is 35.5. The molecule has 0 radical (unpaired) electrons. The first-order chi connectivity index (χ1) is 18.9. The van der Waals surface area contributed by atoms with Gasteiger partial charge in [0.2, 0.25) is 5.91 Å². The Hall–Kier alpha value is -2.99. The second kappa shape index (κ2) is 12.5. The Kier molecular flexibility index (Phi) is 8.81. The van der Waals surface area contributed by atoms with Crippen molar-refractivity contribution < 1.29 is 4.79 Å². The molecule has 1 unspecified atom stereocenters. The summed E-state index contributed by atoms with van der Waals surface area (Å²) in [6.07, 6.45) is 5.21. The average molecular weight is 577 g/mol. The van der Waals surface area contributed by atoms with Gasteiger partial charge in [-0.25, -0.2) is 4.99 Å². The van der Waals surface area contributed by atoms with Crippen LogP contribution in [0, 0.1) is 0 Å². The zero-order chi connectivity index (χ0) is 27.4. The number of anilines is 1. The monoisotopic (exact) mass is 575 g/mol. The smallest absolute Gasteiger partial charge is 0.237 e. The summed E-state index contributed by atoms with van der Waals surface area (Å²) in [5.74, 6) is 0.333. The number of allylic oxidation sites excluding steroid dienone is 1. The molecule has 0 bridgehead atoms. The maximum atomic E-state index is 13.4. The summed E-state index contributed by atoms with van der Waals surface area (Å²) in [7, 11) is 0. The number of hydrogen-bond donors (Lipinski definition) is 1. The van der Waals surface area contributed by atoms with Gasteiger partial charge in [0.1, 0.15) is 6.04 Å². The van der Waals surface area contributed by atoms with E-state index in [1.165, 1.54) is 22.9 Å². The summed E-state index contributed by atoms with van der Waals surface area (Å²) in [5.41, 5.74) is 6.73. The largest absolute Gasteiger partial charge is 0.335 e. The molecule has 1 aliphatic carbocycles. The lowest BCUT2D eigenvalue weighted by Crippen LogP contribution is -2.39. The molecule has 2 aliphatic rings. The van der Waals surface area contributed by atoms with Crippen LogP contribution in [0.5, 0.6) is 0 Å². The fourth-order valence-corrected chi connectivity index (χ4v) is 6.12. The van der Waals surface area contributed by atoms with Gasteiger partial charge in [0.25, 0.3) is 0 Å². The van der Waals surface area contributed by atoms with Gasteiger partial charge in [-0.15, -0.1) is 0 Å². The fourth-order valence-electron chi connectivity index (χ4n) is 5.11. The van der Waals surface area contributed by atoms with Crippen molar-refractivity contribution in [3.05, 3.63) is 117 Å². The molecule has 1 heterocycles. The van der Waals surface area contributed by atoms with Gasteiger partial charge in [0.05, 0.1) is 5.75 Å². The third-order valence-electron chi connectivity index (χ3n) is 6.89. The molecule has 0 spiro atoms. The van der Waals surface area contributed by atoms with Crippen LogP contribution in [-0.2, 0) is 4.79 Å². The Morgan fingerprint density at radius 1 is 1.00 bits per heavy atom. The molecule has 1 atom stereocenters. The normalized spacial score (nSPS) is 18.0. The Morgan fingerprint density at radius 2 is 1.67 bits per heavy atom. The number of halogens is 2. The highest BCUT2D eigenvalue weighted by molar-refractivity contribution is 8.14. The van der Waals surface area contributed by atoms with Crippen molar-refractivity contribution >= 4 is 57.8 Å². The zero-order valence-electron chi connectivity index (χ0n) is 22.0. The molecule has 1 amide bonds. The molecule has 0 saturated heterocycles. The molecule has 200 valence electrons. The van der Waals surface area contributed by atoms with Crippen LogP contribution in [0.25, 0.3) is 6.08 Å². The number of para-hydroxylation sites is 1. The minimum Gasteiger partial charge on any atom is -0.335 e. The number of nitrogens with one attached hydrogen (secondary N) is 1. The standard InChI is InChI=1S/C32H31Cl2N3OS/c1-21(2)37(27-8-4-3-5-9-27)29(38)20-39-32-35-30(23-13-17-26(34)18-14-23)28-10-6-7-24(31(28)36-32)19-22-11-15-25(33)16-12-22/h3-5,8-9,11-19,21,30H,6-7,10,20H2,1-2H3,(H,35,36)/b24-19+. The number of hydrogen-bond acceptors (Lipinski definition) is 4. The predicted molar refractivity (Wildman–Crippen MR) is 167 cm³/mol. The third kappa shape index (κ3) is 6.60. The van der Waals surface area contributed by atoms with E-state index >= 15 is 0 Å². The van der Waals surface area contributed by atoms with Crippen LogP contribution in [0.3, 0.4) is 0 Å². The molecule has 1 N–H and O–H groups in total. The lowest BCUT2D eigenvalue weighted by atomic mass is 9.84. The van der Waals surface area contributed by atoms with E-state index in [0.717, 1.165) is 52.0 Å². The topological polar surface area (TPSA) is 44.7 Å². The maximum absolute atomic E-state index is 13.4. The van der Waals surface area contributed by atoms with Gasteiger partial charge < -0.3 is 10.2 Å². The van der Waals surface area contributed by atoms with Gasteiger partial charge in [-0.05, 0) is 97.9 Å². The Morgan fingerprint density at radius 3 is 2.33 bits per heavy atom. The van der Waals surface area contributed by atoms with Crippen molar-refractivity contribution in [2.24, 2.45) is 4.99 Å². The number of amides is 1. The second-order valence-electron chi connectivity index (χ2n) is 9.97. The second-order valence-corrected chi connectivity index (χ2v) is 11.8. The SMILES string of the molecule is CC(C)N(C(=O)CSC1=NC(c2ccc(Cl)cc2)C2=C(N1)/C(=C/c1ccc(Cl)cc1)CCC2)c1ccccc1. The van der Waals surface area contributed by atoms with Crippen LogP contribution < -0.4 is 10.2 Å². The molecule has 5 rings (SSSR count). The van der Waals surface area contributed by atoms with Crippen molar-refractivity contribution in [1.29, 1.82) is 0 Å². The van der Waals surface area contributed by atoms with E-state index in [2.05, 4.69) is 11.4 Å². The molecule has 4 nitrogen and oxygen atoms in total. The van der Waals surface area contributed by atoms with Crippen molar-refractivity contribution in [1.82, 2.24) is 5.32 Å². The molecule has 3 aromatic carbocycles. The van der Waals surface area contributed by atoms with E-state index in [9.17, 15) is 4.79 Å². The van der Waals surface area contributed by atoms with E-state index < -0.39 is 0 Å². The van der Waals surface area contributed by atoms with E-state index in [-0.39, 0.29) is 23.7 Å². The first kappa shape index (κ1) is 27.6. The van der Waals surface area contributed by atoms with Gasteiger partial charge in [-0.3, -0.25) is 4.79 Å². The summed E-state index contributed by atoms with van der Waals surface area (Å²) in [6.45, 7) is 4.07. The van der Waals surface area contributed by atoms with Crippen LogP contribution >= 0.6 is 35.0 Å². The lowest BCUT2D eigenvalue weighted by Gasteiger charge is -2.33. The molecular weight excluding hydrogens is 545 g/mol. The minimum absolute atomic E-state index is 0.0464. The van der Waals surface area contributed by atoms with Crippen molar-refractivity contribution in [3.63, 3.8) is 0 Å². The average Bonchev–Trinajstić information content (AvgIpc) is 2.94. The minimum atomic E-state index is -0.125. The first-order valence-corrected chi connectivity index (χ1v) is 14.9. The molecular formula is C32H31Cl2N3OS. The summed E-state index contributed by atoms with van der Waals surface area (Å²) in [4.78, 5) is 20.4. The third-order valence-corrected chi connectivity index (χ3v) is 8.27. The summed E-state index contributed by atoms with van der Waals surface area (Å²) >= 11 is 13.8. The number of thioether (sulfide) groups is 1. The summed E-state index contributed by atoms with van der Waals surface area (Å²) in [6, 6.07) is 25.6. The van der Waals surface area contributed by atoms with Crippen LogP contribution in [0.2, 0.25) is 10.0 Å². The van der Waals surface area contributed by atoms with Crippen LogP contribution in [0.15, 0.2) is 101 Å². The number of amidine groups is 1. The van der Waals surface area contributed by atoms with Crippen LogP contribution in [0.4, 0.5) is 5.69 Å². The summed E-state index contributed by atoms with van der Waals surface area (Å²) in [5, 5.41) is 5.79. The van der Waals surface area contributed by atoms with Gasteiger partial charge in [-0.1, -0.05) is 77.4 Å². The molecule has 3 aromatic rings. The number of rotatable bonds is 6. The molecule has 0 fully saturated rings. The van der Waals surface area contributed by atoms with E-state index in [0.29, 0.717) is 5.02 Å². The summed E-state index contributed by atoms with van der Waals surface area (Å²) < 4.78 is 0.